The third-order valence-corrected chi connectivity index (χ3v) is 4.46. The molecule has 0 saturated heterocycles. The molecule has 0 heterocycles. The van der Waals surface area contributed by atoms with Crippen LogP contribution in [0.1, 0.15) is 39.0 Å². The van der Waals surface area contributed by atoms with Crippen molar-refractivity contribution in [1.82, 2.24) is 0 Å². The SMILES string of the molecule is C=C1CCC[C@@]2(C)CCC(=O)[C@@]12C(=O)OC. The Hall–Kier alpha value is -1.12. The third kappa shape index (κ3) is 1.09. The van der Waals surface area contributed by atoms with Gasteiger partial charge in [0.15, 0.2) is 11.2 Å². The fourth-order valence-electron chi connectivity index (χ4n) is 3.57. The Morgan fingerprint density at radius 1 is 1.38 bits per heavy atom. The van der Waals surface area contributed by atoms with Crippen molar-refractivity contribution >= 4 is 11.8 Å². The smallest absolute Gasteiger partial charge is 0.324 e. The molecule has 0 N–H and O–H groups in total. The van der Waals surface area contributed by atoms with Gasteiger partial charge in [-0.2, -0.15) is 0 Å². The number of carbonyl (C=O) groups is 2. The van der Waals surface area contributed by atoms with Crippen LogP contribution in [-0.4, -0.2) is 18.9 Å². The monoisotopic (exact) mass is 222 g/mol. The minimum atomic E-state index is -1.04. The van der Waals surface area contributed by atoms with E-state index in [0.29, 0.717) is 6.42 Å². The van der Waals surface area contributed by atoms with Crippen LogP contribution in [0.5, 0.6) is 0 Å². The van der Waals surface area contributed by atoms with Crippen LogP contribution in [-0.2, 0) is 14.3 Å². The molecule has 2 aliphatic rings. The quantitative estimate of drug-likeness (QED) is 0.388. The van der Waals surface area contributed by atoms with Crippen LogP contribution in [0, 0.1) is 10.8 Å². The van der Waals surface area contributed by atoms with Crippen molar-refractivity contribution < 1.29 is 14.3 Å². The Labute approximate surface area is 95.9 Å². The second kappa shape index (κ2) is 3.44. The van der Waals surface area contributed by atoms with Gasteiger partial charge in [-0.25, -0.2) is 0 Å². The molecule has 0 unspecified atom stereocenters. The lowest BCUT2D eigenvalue weighted by Crippen LogP contribution is -2.50. The van der Waals surface area contributed by atoms with Crippen LogP contribution in [0.3, 0.4) is 0 Å². The summed E-state index contributed by atoms with van der Waals surface area (Å²) < 4.78 is 4.88. The van der Waals surface area contributed by atoms with Crippen molar-refractivity contribution in [2.45, 2.75) is 39.0 Å². The topological polar surface area (TPSA) is 43.4 Å². The largest absolute Gasteiger partial charge is 0.468 e. The number of ether oxygens (including phenoxy) is 1. The molecule has 0 radical (unpaired) electrons. The molecule has 0 amide bonds. The fourth-order valence-corrected chi connectivity index (χ4v) is 3.57. The van der Waals surface area contributed by atoms with E-state index in [2.05, 4.69) is 6.58 Å². The molecule has 0 aromatic rings. The van der Waals surface area contributed by atoms with Crippen LogP contribution in [0.15, 0.2) is 12.2 Å². The number of rotatable bonds is 1. The van der Waals surface area contributed by atoms with Gasteiger partial charge in [0.1, 0.15) is 0 Å². The average molecular weight is 222 g/mol. The number of esters is 1. The highest BCUT2D eigenvalue weighted by Gasteiger charge is 2.65. The maximum Gasteiger partial charge on any atom is 0.324 e. The first-order valence-corrected chi connectivity index (χ1v) is 5.79. The van der Waals surface area contributed by atoms with Crippen LogP contribution in [0.4, 0.5) is 0 Å². The highest BCUT2D eigenvalue weighted by atomic mass is 16.5. The minimum Gasteiger partial charge on any atom is -0.468 e. The maximum absolute atomic E-state index is 12.2. The first-order chi connectivity index (χ1) is 7.49. The van der Waals surface area contributed by atoms with E-state index < -0.39 is 11.4 Å². The molecule has 0 spiro atoms. The Morgan fingerprint density at radius 2 is 2.06 bits per heavy atom. The van der Waals surface area contributed by atoms with Crippen LogP contribution < -0.4 is 0 Å². The lowest BCUT2D eigenvalue weighted by molar-refractivity contribution is -0.161. The Bertz CT molecular complexity index is 361. The zero-order valence-electron chi connectivity index (χ0n) is 9.97. The van der Waals surface area contributed by atoms with Gasteiger partial charge in [0.2, 0.25) is 0 Å². The summed E-state index contributed by atoms with van der Waals surface area (Å²) >= 11 is 0. The number of fused-ring (bicyclic) bond motifs is 1. The lowest BCUT2D eigenvalue weighted by Gasteiger charge is -2.45. The highest BCUT2D eigenvalue weighted by Crippen LogP contribution is 2.61. The van der Waals surface area contributed by atoms with Crippen molar-refractivity contribution in [2.75, 3.05) is 7.11 Å². The first kappa shape index (κ1) is 11.4. The van der Waals surface area contributed by atoms with Crippen LogP contribution >= 0.6 is 0 Å². The van der Waals surface area contributed by atoms with Crippen LogP contribution in [0.2, 0.25) is 0 Å². The molecule has 88 valence electrons. The minimum absolute atomic E-state index is 0.00606. The maximum atomic E-state index is 12.2. The van der Waals surface area contributed by atoms with Gasteiger partial charge in [-0.15, -0.1) is 0 Å². The molecule has 3 heteroatoms. The predicted molar refractivity (Wildman–Crippen MR) is 59.8 cm³/mol. The number of ketones is 1. The Balaban J connectivity index is 2.58. The molecule has 3 nitrogen and oxygen atoms in total. The summed E-state index contributed by atoms with van der Waals surface area (Å²) in [6, 6.07) is 0. The summed E-state index contributed by atoms with van der Waals surface area (Å²) in [6.45, 7) is 6.00. The second-order valence-corrected chi connectivity index (χ2v) is 5.18. The summed E-state index contributed by atoms with van der Waals surface area (Å²) in [5.41, 5.74) is -0.553. The van der Waals surface area contributed by atoms with Crippen molar-refractivity contribution in [3.8, 4) is 0 Å². The van der Waals surface area contributed by atoms with E-state index in [4.69, 9.17) is 4.74 Å². The third-order valence-electron chi connectivity index (χ3n) is 4.46. The molecule has 2 atom stereocenters. The summed E-state index contributed by atoms with van der Waals surface area (Å²) in [7, 11) is 1.35. The predicted octanol–water partition coefficient (Wildman–Crippen LogP) is 2.26. The Morgan fingerprint density at radius 3 is 2.69 bits per heavy atom. The number of carbonyl (C=O) groups excluding carboxylic acids is 2. The second-order valence-electron chi connectivity index (χ2n) is 5.18. The van der Waals surface area contributed by atoms with Crippen molar-refractivity contribution in [3.05, 3.63) is 12.2 Å². The van der Waals surface area contributed by atoms with E-state index in [0.717, 1.165) is 31.3 Å². The number of methoxy groups -OCH3 is 1. The molecule has 0 aromatic carbocycles. The van der Waals surface area contributed by atoms with Crippen molar-refractivity contribution in [3.63, 3.8) is 0 Å². The first-order valence-electron chi connectivity index (χ1n) is 5.79. The van der Waals surface area contributed by atoms with E-state index in [9.17, 15) is 9.59 Å². The molecule has 0 aliphatic heterocycles. The molecular formula is C13H18O3. The van der Waals surface area contributed by atoms with Crippen molar-refractivity contribution in [2.24, 2.45) is 10.8 Å². The molecule has 2 aliphatic carbocycles. The van der Waals surface area contributed by atoms with Gasteiger partial charge >= 0.3 is 5.97 Å². The summed E-state index contributed by atoms with van der Waals surface area (Å²) in [5, 5.41) is 0. The van der Waals surface area contributed by atoms with Crippen molar-refractivity contribution in [1.29, 1.82) is 0 Å². The summed E-state index contributed by atoms with van der Waals surface area (Å²) in [6.07, 6.45) is 3.94. The highest BCUT2D eigenvalue weighted by molar-refractivity contribution is 6.09. The molecule has 2 rings (SSSR count). The van der Waals surface area contributed by atoms with E-state index in [1.54, 1.807) is 0 Å². The summed E-state index contributed by atoms with van der Waals surface area (Å²) in [5.74, 6) is -0.395. The molecule has 0 bridgehead atoms. The van der Waals surface area contributed by atoms with Gasteiger partial charge in [0.25, 0.3) is 0 Å². The van der Waals surface area contributed by atoms with Gasteiger partial charge in [0.05, 0.1) is 7.11 Å². The molecule has 2 fully saturated rings. The van der Waals surface area contributed by atoms with Gasteiger partial charge in [-0.3, -0.25) is 9.59 Å². The zero-order chi connectivity index (χ0) is 12.0. The lowest BCUT2D eigenvalue weighted by atomic mass is 9.56. The van der Waals surface area contributed by atoms with Gasteiger partial charge < -0.3 is 4.74 Å². The van der Waals surface area contributed by atoms with Gasteiger partial charge in [0, 0.05) is 6.42 Å². The number of hydrogen-bond donors (Lipinski definition) is 0. The fraction of sp³-hybridized carbons (Fsp3) is 0.692. The molecule has 16 heavy (non-hydrogen) atoms. The van der Waals surface area contributed by atoms with E-state index >= 15 is 0 Å². The average Bonchev–Trinajstić information content (AvgIpc) is 2.52. The standard InChI is InChI=1S/C13H18O3/c1-9-5-4-7-12(2)8-6-10(14)13(9,12)11(15)16-3/h1,4-8H2,2-3H3/t12-,13+/m0/s1. The zero-order valence-corrected chi connectivity index (χ0v) is 9.97. The molecule has 0 aromatic heterocycles. The van der Waals surface area contributed by atoms with Gasteiger partial charge in [-0.1, -0.05) is 19.1 Å². The number of hydrogen-bond acceptors (Lipinski definition) is 3. The van der Waals surface area contributed by atoms with E-state index in [1.165, 1.54) is 7.11 Å². The summed E-state index contributed by atoms with van der Waals surface area (Å²) in [4.78, 5) is 24.3. The normalized spacial score (nSPS) is 38.4. The van der Waals surface area contributed by atoms with Gasteiger partial charge in [-0.05, 0) is 31.1 Å². The van der Waals surface area contributed by atoms with Crippen LogP contribution in [0.25, 0.3) is 0 Å². The molecule has 2 saturated carbocycles. The van der Waals surface area contributed by atoms with E-state index in [-0.39, 0.29) is 11.2 Å². The number of Topliss-reactive ketones (excluding diaryl/α,β-unsaturated/α-hetero) is 1. The Kier molecular flexibility index (Phi) is 2.44. The molecular weight excluding hydrogens is 204 g/mol. The van der Waals surface area contributed by atoms with E-state index in [1.807, 2.05) is 6.92 Å².